The molecule has 2 N–H and O–H groups in total. The van der Waals surface area contributed by atoms with Crippen molar-refractivity contribution in [2.45, 2.75) is 52.9 Å². The number of carbonyl (C=O) groups excluding carboxylic acids is 2. The fourth-order valence-electron chi connectivity index (χ4n) is 2.02. The molecule has 0 fully saturated rings. The van der Waals surface area contributed by atoms with Gasteiger partial charge in [-0.15, -0.1) is 0 Å². The Morgan fingerprint density at radius 2 is 1.63 bits per heavy atom. The molecule has 0 aromatic carbocycles. The summed E-state index contributed by atoms with van der Waals surface area (Å²) in [4.78, 5) is 23.6. The van der Waals surface area contributed by atoms with Crippen LogP contribution in [0.1, 0.15) is 52.9 Å². The van der Waals surface area contributed by atoms with E-state index in [9.17, 15) is 14.9 Å². The molecule has 108 valence electrons. The largest absolute Gasteiger partial charge is 0.355 e. The molecule has 0 aromatic rings. The van der Waals surface area contributed by atoms with Crippen LogP contribution in [0.5, 0.6) is 0 Å². The monoisotopic (exact) mass is 267 g/mol. The van der Waals surface area contributed by atoms with Gasteiger partial charge in [-0.1, -0.05) is 33.6 Å². The number of carbonyl (C=O) groups is 2. The lowest BCUT2D eigenvalue weighted by molar-refractivity contribution is -0.131. The van der Waals surface area contributed by atoms with Gasteiger partial charge >= 0.3 is 0 Å². The van der Waals surface area contributed by atoms with Crippen molar-refractivity contribution in [2.24, 2.45) is 5.41 Å². The Morgan fingerprint density at radius 3 is 2.05 bits per heavy atom. The highest BCUT2D eigenvalue weighted by atomic mass is 16.2. The Morgan fingerprint density at radius 1 is 1.05 bits per heavy atom. The highest BCUT2D eigenvalue weighted by molar-refractivity contribution is 5.89. The molecule has 0 bridgehead atoms. The van der Waals surface area contributed by atoms with Gasteiger partial charge < -0.3 is 10.6 Å². The summed E-state index contributed by atoms with van der Waals surface area (Å²) in [6.07, 6.45) is 3.44. The normalized spacial score (nSPS) is 10.6. The van der Waals surface area contributed by atoms with Crippen molar-refractivity contribution in [2.75, 3.05) is 13.1 Å². The summed E-state index contributed by atoms with van der Waals surface area (Å²) in [6, 6.07) is 2.14. The predicted molar refractivity (Wildman–Crippen MR) is 74.2 cm³/mol. The Balaban J connectivity index is 4.49. The van der Waals surface area contributed by atoms with Gasteiger partial charge in [0.05, 0.1) is 12.6 Å². The van der Waals surface area contributed by atoms with Crippen molar-refractivity contribution in [3.8, 4) is 6.07 Å². The number of nitriles is 1. The third kappa shape index (κ3) is 5.73. The van der Waals surface area contributed by atoms with E-state index >= 15 is 0 Å². The zero-order valence-electron chi connectivity index (χ0n) is 12.2. The van der Waals surface area contributed by atoms with Crippen LogP contribution < -0.4 is 10.6 Å². The molecule has 5 heteroatoms. The molecule has 0 saturated carbocycles. The minimum absolute atomic E-state index is 0.0598. The minimum atomic E-state index is -0.992. The maximum absolute atomic E-state index is 12.1. The molecule has 0 saturated heterocycles. The zero-order chi connectivity index (χ0) is 14.7. The number of hydrogen-bond acceptors (Lipinski definition) is 3. The van der Waals surface area contributed by atoms with Gasteiger partial charge in [0.15, 0.2) is 0 Å². The molecule has 19 heavy (non-hydrogen) atoms. The molecular formula is C14H25N3O2. The summed E-state index contributed by atoms with van der Waals surface area (Å²) in [5.41, 5.74) is -0.992. The van der Waals surface area contributed by atoms with E-state index in [-0.39, 0.29) is 18.4 Å². The molecule has 0 aliphatic heterocycles. The van der Waals surface area contributed by atoms with Gasteiger partial charge in [0.25, 0.3) is 0 Å². The molecule has 0 heterocycles. The second-order valence-corrected chi connectivity index (χ2v) is 4.73. The Labute approximate surface area is 115 Å². The van der Waals surface area contributed by atoms with E-state index in [1.54, 1.807) is 0 Å². The van der Waals surface area contributed by atoms with Gasteiger partial charge in [-0.05, 0) is 19.3 Å². The van der Waals surface area contributed by atoms with Crippen LogP contribution >= 0.6 is 0 Å². The zero-order valence-corrected chi connectivity index (χ0v) is 12.2. The maximum atomic E-state index is 12.1. The van der Waals surface area contributed by atoms with Crippen LogP contribution in [-0.2, 0) is 9.59 Å². The summed E-state index contributed by atoms with van der Waals surface area (Å²) in [5.74, 6) is -0.541. The Bertz CT molecular complexity index is 328. The lowest BCUT2D eigenvalue weighted by Crippen LogP contribution is -2.44. The first-order valence-corrected chi connectivity index (χ1v) is 7.02. The highest BCUT2D eigenvalue weighted by Gasteiger charge is 2.36. The van der Waals surface area contributed by atoms with Crippen molar-refractivity contribution >= 4 is 11.8 Å². The Kier molecular flexibility index (Phi) is 8.60. The molecule has 0 rings (SSSR count). The topological polar surface area (TPSA) is 82.0 Å². The third-order valence-corrected chi connectivity index (χ3v) is 2.98. The predicted octanol–water partition coefficient (Wildman–Crippen LogP) is 1.74. The second-order valence-electron chi connectivity index (χ2n) is 4.73. The molecule has 0 atom stereocenters. The maximum Gasteiger partial charge on any atom is 0.240 e. The first-order chi connectivity index (χ1) is 9.06. The van der Waals surface area contributed by atoms with Crippen LogP contribution in [0.15, 0.2) is 0 Å². The molecular weight excluding hydrogens is 242 g/mol. The lowest BCUT2D eigenvalue weighted by Gasteiger charge is -2.24. The number of nitrogens with zero attached hydrogens (tertiary/aromatic N) is 1. The van der Waals surface area contributed by atoms with Crippen molar-refractivity contribution in [3.05, 3.63) is 0 Å². The van der Waals surface area contributed by atoms with E-state index in [1.807, 2.05) is 20.8 Å². The van der Waals surface area contributed by atoms with Gasteiger partial charge in [0.1, 0.15) is 5.41 Å². The fourth-order valence-corrected chi connectivity index (χ4v) is 2.02. The smallest absolute Gasteiger partial charge is 0.240 e. The van der Waals surface area contributed by atoms with Crippen LogP contribution in [0.25, 0.3) is 0 Å². The van der Waals surface area contributed by atoms with E-state index in [1.165, 1.54) is 0 Å². The number of hydrogen-bond donors (Lipinski definition) is 2. The van der Waals surface area contributed by atoms with Crippen molar-refractivity contribution in [3.63, 3.8) is 0 Å². The summed E-state index contributed by atoms with van der Waals surface area (Å²) < 4.78 is 0. The van der Waals surface area contributed by atoms with Crippen LogP contribution in [0, 0.1) is 16.7 Å². The highest BCUT2D eigenvalue weighted by Crippen LogP contribution is 2.29. The molecule has 0 aromatic heterocycles. The molecule has 2 amide bonds. The van der Waals surface area contributed by atoms with Gasteiger partial charge in [-0.3, -0.25) is 9.59 Å². The lowest BCUT2D eigenvalue weighted by atomic mass is 9.80. The molecule has 0 radical (unpaired) electrons. The first kappa shape index (κ1) is 17.4. The fraction of sp³-hybridized carbons (Fsp3) is 0.786. The van der Waals surface area contributed by atoms with Gasteiger partial charge in [-0.2, -0.15) is 5.26 Å². The summed E-state index contributed by atoms with van der Waals surface area (Å²) in [7, 11) is 0. The van der Waals surface area contributed by atoms with E-state index in [4.69, 9.17) is 0 Å². The summed E-state index contributed by atoms with van der Waals surface area (Å²) >= 11 is 0. The standard InChI is InChI=1S/C14H25N3O2/c1-4-7-14(11-15,8-5-2)13(19)17-10-12(18)16-9-6-3/h4-10H2,1-3H3,(H,16,18)(H,17,19). The second kappa shape index (κ2) is 9.37. The van der Waals surface area contributed by atoms with E-state index in [0.29, 0.717) is 19.4 Å². The number of nitrogens with one attached hydrogen (secondary N) is 2. The third-order valence-electron chi connectivity index (χ3n) is 2.98. The molecule has 5 nitrogen and oxygen atoms in total. The van der Waals surface area contributed by atoms with E-state index in [2.05, 4.69) is 16.7 Å². The summed E-state index contributed by atoms with van der Waals surface area (Å²) in [6.45, 7) is 6.39. The molecule has 0 aliphatic carbocycles. The SMILES string of the molecule is CCCNC(=O)CNC(=O)C(C#N)(CCC)CCC. The minimum Gasteiger partial charge on any atom is -0.355 e. The van der Waals surface area contributed by atoms with Crippen LogP contribution in [-0.4, -0.2) is 24.9 Å². The van der Waals surface area contributed by atoms with Crippen LogP contribution in [0.4, 0.5) is 0 Å². The number of amides is 2. The Hall–Kier alpha value is -1.57. The van der Waals surface area contributed by atoms with Crippen molar-refractivity contribution in [1.29, 1.82) is 5.26 Å². The van der Waals surface area contributed by atoms with Gasteiger partial charge in [0.2, 0.25) is 11.8 Å². The van der Waals surface area contributed by atoms with Crippen LogP contribution in [0.3, 0.4) is 0 Å². The molecule has 0 unspecified atom stereocenters. The van der Waals surface area contributed by atoms with Crippen molar-refractivity contribution < 1.29 is 9.59 Å². The average molecular weight is 267 g/mol. The van der Waals surface area contributed by atoms with Gasteiger partial charge in [-0.25, -0.2) is 0 Å². The van der Waals surface area contributed by atoms with E-state index < -0.39 is 5.41 Å². The quantitative estimate of drug-likeness (QED) is 0.667. The summed E-state index contributed by atoms with van der Waals surface area (Å²) in [5, 5.41) is 14.6. The van der Waals surface area contributed by atoms with Gasteiger partial charge in [0, 0.05) is 6.54 Å². The van der Waals surface area contributed by atoms with Crippen molar-refractivity contribution in [1.82, 2.24) is 10.6 Å². The van der Waals surface area contributed by atoms with Crippen LogP contribution in [0.2, 0.25) is 0 Å². The molecule has 0 spiro atoms. The first-order valence-electron chi connectivity index (χ1n) is 7.02. The van der Waals surface area contributed by atoms with E-state index in [0.717, 1.165) is 19.3 Å². The number of rotatable bonds is 9. The molecule has 0 aliphatic rings. The average Bonchev–Trinajstić information content (AvgIpc) is 2.41.